The largest absolute Gasteiger partial charge is 0.497 e. The molecule has 0 amide bonds. The molecule has 0 fully saturated rings. The Labute approximate surface area is 82.6 Å². The van der Waals surface area contributed by atoms with E-state index in [0.717, 1.165) is 29.8 Å². The molecule has 1 aromatic rings. The quantitative estimate of drug-likeness (QED) is 0.670. The van der Waals surface area contributed by atoms with Crippen LogP contribution in [0.5, 0.6) is 11.5 Å². The van der Waals surface area contributed by atoms with Crippen LogP contribution in [0.15, 0.2) is 18.2 Å². The molecule has 14 heavy (non-hydrogen) atoms. The number of rotatable bonds is 2. The molecule has 1 heterocycles. The predicted octanol–water partition coefficient (Wildman–Crippen LogP) is 1.76. The lowest BCUT2D eigenvalue weighted by atomic mass is 9.94. The Hall–Kier alpha value is -1.51. The maximum absolute atomic E-state index is 10.8. The number of hydrogen-bond donors (Lipinski definition) is 0. The standard InChI is InChI=1S/C11H12O3/c1-13-9-2-3-10-8(7-12)4-5-14-11(10)6-9/h2-3,6-8H,4-5H2,1H3/t8-/m1/s1. The SMILES string of the molecule is COc1ccc2c(c1)OCC[C@@H]2C=O. The Bertz CT molecular complexity index is 346. The summed E-state index contributed by atoms with van der Waals surface area (Å²) in [5.41, 5.74) is 0.965. The molecule has 0 unspecified atom stereocenters. The number of fused-ring (bicyclic) bond motifs is 1. The Morgan fingerprint density at radius 1 is 1.57 bits per heavy atom. The number of aldehydes is 1. The molecule has 2 rings (SSSR count). The van der Waals surface area contributed by atoms with Crippen LogP contribution in [0, 0.1) is 0 Å². The topological polar surface area (TPSA) is 35.5 Å². The van der Waals surface area contributed by atoms with Crippen molar-refractivity contribution in [3.63, 3.8) is 0 Å². The van der Waals surface area contributed by atoms with E-state index in [4.69, 9.17) is 9.47 Å². The molecule has 3 nitrogen and oxygen atoms in total. The lowest BCUT2D eigenvalue weighted by Crippen LogP contribution is -2.14. The summed E-state index contributed by atoms with van der Waals surface area (Å²) in [5.74, 6) is 1.51. The van der Waals surface area contributed by atoms with E-state index in [0.29, 0.717) is 6.61 Å². The second kappa shape index (κ2) is 3.70. The third-order valence-corrected chi connectivity index (χ3v) is 2.47. The van der Waals surface area contributed by atoms with Crippen molar-refractivity contribution < 1.29 is 14.3 Å². The fourth-order valence-corrected chi connectivity index (χ4v) is 1.67. The van der Waals surface area contributed by atoms with Gasteiger partial charge in [-0.05, 0) is 12.5 Å². The van der Waals surface area contributed by atoms with Crippen molar-refractivity contribution in [1.29, 1.82) is 0 Å². The van der Waals surface area contributed by atoms with Crippen LogP contribution >= 0.6 is 0 Å². The lowest BCUT2D eigenvalue weighted by Gasteiger charge is -2.22. The highest BCUT2D eigenvalue weighted by Gasteiger charge is 2.20. The van der Waals surface area contributed by atoms with Crippen LogP contribution in [0.25, 0.3) is 0 Å². The van der Waals surface area contributed by atoms with Gasteiger partial charge in [-0.3, -0.25) is 0 Å². The number of carbonyl (C=O) groups is 1. The average molecular weight is 192 g/mol. The molecule has 3 heteroatoms. The normalized spacial score (nSPS) is 19.4. The molecule has 74 valence electrons. The van der Waals surface area contributed by atoms with Gasteiger partial charge in [0.2, 0.25) is 0 Å². The van der Waals surface area contributed by atoms with Gasteiger partial charge < -0.3 is 14.3 Å². The zero-order valence-electron chi connectivity index (χ0n) is 8.03. The molecule has 0 N–H and O–H groups in total. The fourth-order valence-electron chi connectivity index (χ4n) is 1.67. The molecule has 1 atom stereocenters. The number of benzene rings is 1. The van der Waals surface area contributed by atoms with Gasteiger partial charge in [-0.1, -0.05) is 6.07 Å². The fraction of sp³-hybridized carbons (Fsp3) is 0.364. The van der Waals surface area contributed by atoms with Gasteiger partial charge in [0.15, 0.2) is 0 Å². The minimum Gasteiger partial charge on any atom is -0.497 e. The third-order valence-electron chi connectivity index (χ3n) is 2.47. The summed E-state index contributed by atoms with van der Waals surface area (Å²) in [6, 6.07) is 5.57. The molecular weight excluding hydrogens is 180 g/mol. The van der Waals surface area contributed by atoms with Crippen LogP contribution in [-0.4, -0.2) is 20.0 Å². The highest BCUT2D eigenvalue weighted by molar-refractivity contribution is 5.65. The highest BCUT2D eigenvalue weighted by Crippen LogP contribution is 2.34. The average Bonchev–Trinajstić information content (AvgIpc) is 2.27. The molecule has 0 aliphatic carbocycles. The second-order valence-corrected chi connectivity index (χ2v) is 3.28. The summed E-state index contributed by atoms with van der Waals surface area (Å²) in [6.45, 7) is 0.601. The first-order valence-corrected chi connectivity index (χ1v) is 4.61. The van der Waals surface area contributed by atoms with Gasteiger partial charge in [-0.15, -0.1) is 0 Å². The van der Waals surface area contributed by atoms with Crippen LogP contribution in [-0.2, 0) is 4.79 Å². The van der Waals surface area contributed by atoms with Crippen molar-refractivity contribution in [2.75, 3.05) is 13.7 Å². The van der Waals surface area contributed by atoms with Gasteiger partial charge in [0.25, 0.3) is 0 Å². The molecule has 0 bridgehead atoms. The molecule has 0 spiro atoms. The summed E-state index contributed by atoms with van der Waals surface area (Å²) in [7, 11) is 1.61. The van der Waals surface area contributed by atoms with E-state index in [2.05, 4.69) is 0 Å². The van der Waals surface area contributed by atoms with E-state index < -0.39 is 0 Å². The molecule has 1 aromatic carbocycles. The van der Waals surface area contributed by atoms with Crippen molar-refractivity contribution in [3.05, 3.63) is 23.8 Å². The summed E-state index contributed by atoms with van der Waals surface area (Å²) >= 11 is 0. The van der Waals surface area contributed by atoms with E-state index >= 15 is 0 Å². The third kappa shape index (κ3) is 1.45. The monoisotopic (exact) mass is 192 g/mol. The minimum absolute atomic E-state index is 0.0235. The smallest absolute Gasteiger partial charge is 0.127 e. The van der Waals surface area contributed by atoms with Gasteiger partial charge in [-0.2, -0.15) is 0 Å². The Morgan fingerprint density at radius 2 is 2.43 bits per heavy atom. The van der Waals surface area contributed by atoms with E-state index in [1.807, 2.05) is 18.2 Å². The van der Waals surface area contributed by atoms with Crippen LogP contribution < -0.4 is 9.47 Å². The van der Waals surface area contributed by atoms with Crippen LogP contribution in [0.3, 0.4) is 0 Å². The maximum atomic E-state index is 10.8. The van der Waals surface area contributed by atoms with Gasteiger partial charge in [0.05, 0.1) is 13.7 Å². The zero-order valence-corrected chi connectivity index (χ0v) is 8.03. The molecule has 1 aliphatic rings. The van der Waals surface area contributed by atoms with E-state index in [1.54, 1.807) is 7.11 Å². The van der Waals surface area contributed by atoms with E-state index in [9.17, 15) is 4.79 Å². The Balaban J connectivity index is 2.40. The summed E-state index contributed by atoms with van der Waals surface area (Å²) in [5, 5.41) is 0. The summed E-state index contributed by atoms with van der Waals surface area (Å²) in [6.07, 6.45) is 1.75. The molecule has 1 aliphatic heterocycles. The summed E-state index contributed by atoms with van der Waals surface area (Å²) in [4.78, 5) is 10.8. The molecular formula is C11H12O3. The first-order chi connectivity index (χ1) is 6.85. The van der Waals surface area contributed by atoms with Crippen LogP contribution in [0.2, 0.25) is 0 Å². The Morgan fingerprint density at radius 3 is 3.14 bits per heavy atom. The number of methoxy groups -OCH3 is 1. The molecule has 0 radical (unpaired) electrons. The zero-order chi connectivity index (χ0) is 9.97. The van der Waals surface area contributed by atoms with Crippen molar-refractivity contribution in [1.82, 2.24) is 0 Å². The lowest BCUT2D eigenvalue weighted by molar-refractivity contribution is -0.109. The van der Waals surface area contributed by atoms with Crippen molar-refractivity contribution in [2.45, 2.75) is 12.3 Å². The van der Waals surface area contributed by atoms with Gasteiger partial charge in [0.1, 0.15) is 17.8 Å². The highest BCUT2D eigenvalue weighted by atomic mass is 16.5. The predicted molar refractivity (Wildman–Crippen MR) is 51.9 cm³/mol. The van der Waals surface area contributed by atoms with Crippen LogP contribution in [0.4, 0.5) is 0 Å². The first-order valence-electron chi connectivity index (χ1n) is 4.61. The molecule has 0 aromatic heterocycles. The summed E-state index contributed by atoms with van der Waals surface area (Å²) < 4.78 is 10.5. The first kappa shape index (κ1) is 9.06. The van der Waals surface area contributed by atoms with Crippen molar-refractivity contribution in [2.24, 2.45) is 0 Å². The van der Waals surface area contributed by atoms with Crippen LogP contribution in [0.1, 0.15) is 17.9 Å². The maximum Gasteiger partial charge on any atom is 0.127 e. The number of carbonyl (C=O) groups excluding carboxylic acids is 1. The van der Waals surface area contributed by atoms with Crippen molar-refractivity contribution in [3.8, 4) is 11.5 Å². The van der Waals surface area contributed by atoms with E-state index in [1.165, 1.54) is 0 Å². The van der Waals surface area contributed by atoms with Gasteiger partial charge in [-0.25, -0.2) is 0 Å². The van der Waals surface area contributed by atoms with E-state index in [-0.39, 0.29) is 5.92 Å². The molecule has 0 saturated heterocycles. The molecule has 0 saturated carbocycles. The number of ether oxygens (including phenoxy) is 2. The van der Waals surface area contributed by atoms with Gasteiger partial charge in [0, 0.05) is 17.5 Å². The van der Waals surface area contributed by atoms with Gasteiger partial charge >= 0.3 is 0 Å². The van der Waals surface area contributed by atoms with Crippen molar-refractivity contribution >= 4 is 6.29 Å². The second-order valence-electron chi connectivity index (χ2n) is 3.28. The Kier molecular flexibility index (Phi) is 2.39. The minimum atomic E-state index is -0.0235. The number of hydrogen-bond acceptors (Lipinski definition) is 3.